The molecule has 3 nitrogen and oxygen atoms in total. The number of rotatable bonds is 3. The maximum Gasteiger partial charge on any atom is 0.416 e. The van der Waals surface area contributed by atoms with E-state index in [1.165, 1.54) is 6.08 Å². The molecule has 1 aromatic carbocycles. The van der Waals surface area contributed by atoms with Gasteiger partial charge in [0, 0.05) is 6.04 Å². The van der Waals surface area contributed by atoms with E-state index in [1.807, 2.05) is 30.3 Å². The molecule has 0 radical (unpaired) electrons. The van der Waals surface area contributed by atoms with Crippen molar-refractivity contribution in [1.29, 1.82) is 0 Å². The second-order valence-corrected chi connectivity index (χ2v) is 6.47. The first-order valence-corrected chi connectivity index (χ1v) is 8.32. The minimum Gasteiger partial charge on any atom is -0.445 e. The van der Waals surface area contributed by atoms with E-state index >= 15 is 0 Å². The van der Waals surface area contributed by atoms with E-state index in [1.54, 1.807) is 4.90 Å². The fourth-order valence-electron chi connectivity index (χ4n) is 3.51. The number of halogens is 3. The zero-order valence-electron chi connectivity index (χ0n) is 13.8. The highest BCUT2D eigenvalue weighted by Gasteiger charge is 2.42. The van der Waals surface area contributed by atoms with Gasteiger partial charge in [0.1, 0.15) is 6.61 Å². The minimum atomic E-state index is -4.43. The molecule has 0 aromatic heterocycles. The highest BCUT2D eigenvalue weighted by Crippen LogP contribution is 2.40. The number of amides is 1. The molecule has 6 heteroatoms. The molecule has 0 aliphatic carbocycles. The molecule has 25 heavy (non-hydrogen) atoms. The molecule has 1 aromatic rings. The van der Waals surface area contributed by atoms with Crippen molar-refractivity contribution in [3.05, 3.63) is 59.7 Å². The number of hydrogen-bond donors (Lipinski definition) is 0. The van der Waals surface area contributed by atoms with Gasteiger partial charge in [-0.2, -0.15) is 13.2 Å². The molecule has 0 N–H and O–H groups in total. The molecule has 1 amide bonds. The van der Waals surface area contributed by atoms with E-state index in [9.17, 15) is 18.0 Å². The van der Waals surface area contributed by atoms with E-state index in [-0.39, 0.29) is 30.7 Å². The van der Waals surface area contributed by atoms with Crippen LogP contribution in [0.5, 0.6) is 0 Å². The summed E-state index contributed by atoms with van der Waals surface area (Å²) in [6, 6.07) is 8.68. The predicted octanol–water partition coefficient (Wildman–Crippen LogP) is 4.99. The van der Waals surface area contributed by atoms with Crippen LogP contribution >= 0.6 is 0 Å². The Bertz CT molecular complexity index is 682. The quantitative estimate of drug-likeness (QED) is 0.767. The summed E-state index contributed by atoms with van der Waals surface area (Å²) in [4.78, 5) is 14.1. The van der Waals surface area contributed by atoms with Crippen LogP contribution in [0.2, 0.25) is 0 Å². The molecule has 2 aliphatic rings. The Kier molecular flexibility index (Phi) is 4.88. The SMILES string of the molecule is C=C(C1=CC2CCCC(C1)N2C(=O)OCc1ccccc1)C(F)(F)F. The molecule has 2 atom stereocenters. The summed E-state index contributed by atoms with van der Waals surface area (Å²) in [6.45, 7) is 3.35. The molecule has 0 spiro atoms. The minimum absolute atomic E-state index is 0.154. The largest absolute Gasteiger partial charge is 0.445 e. The van der Waals surface area contributed by atoms with Crippen LogP contribution in [-0.4, -0.2) is 29.3 Å². The van der Waals surface area contributed by atoms with E-state index in [0.717, 1.165) is 12.0 Å². The summed E-state index contributed by atoms with van der Waals surface area (Å²) in [6.07, 6.45) is -0.974. The zero-order chi connectivity index (χ0) is 18.0. The average Bonchev–Trinajstić information content (AvgIpc) is 2.58. The fraction of sp³-hybridized carbons (Fsp3) is 0.421. The number of hydrogen-bond acceptors (Lipinski definition) is 2. The normalized spacial score (nSPS) is 23.0. The van der Waals surface area contributed by atoms with Crippen molar-refractivity contribution >= 4 is 6.09 Å². The number of carbonyl (C=O) groups is 1. The molecule has 2 aliphatic heterocycles. The molecule has 2 unspecified atom stereocenters. The second-order valence-electron chi connectivity index (χ2n) is 6.47. The number of allylic oxidation sites excluding steroid dienone is 1. The lowest BCUT2D eigenvalue weighted by atomic mass is 9.83. The summed E-state index contributed by atoms with van der Waals surface area (Å²) in [5, 5.41) is 0. The van der Waals surface area contributed by atoms with Crippen LogP contribution < -0.4 is 0 Å². The second kappa shape index (κ2) is 6.94. The van der Waals surface area contributed by atoms with E-state index in [2.05, 4.69) is 6.58 Å². The number of ether oxygens (including phenoxy) is 1. The van der Waals surface area contributed by atoms with E-state index in [4.69, 9.17) is 4.74 Å². The average molecular weight is 351 g/mol. The Balaban J connectivity index is 1.71. The first-order chi connectivity index (χ1) is 11.9. The van der Waals surface area contributed by atoms with Crippen molar-refractivity contribution in [3.8, 4) is 0 Å². The first-order valence-electron chi connectivity index (χ1n) is 8.32. The summed E-state index contributed by atoms with van der Waals surface area (Å²) < 4.78 is 44.2. The molecule has 134 valence electrons. The fourth-order valence-corrected chi connectivity index (χ4v) is 3.51. The van der Waals surface area contributed by atoms with Crippen molar-refractivity contribution in [2.24, 2.45) is 0 Å². The van der Waals surface area contributed by atoms with Gasteiger partial charge in [0.25, 0.3) is 0 Å². The molecule has 2 heterocycles. The molecule has 2 bridgehead atoms. The summed E-state index contributed by atoms with van der Waals surface area (Å²) in [5.74, 6) is 0. The Hall–Kier alpha value is -2.24. The van der Waals surface area contributed by atoms with Crippen LogP contribution in [0.25, 0.3) is 0 Å². The Morgan fingerprint density at radius 2 is 1.96 bits per heavy atom. The molecule has 3 rings (SSSR count). The van der Waals surface area contributed by atoms with E-state index < -0.39 is 17.8 Å². The van der Waals surface area contributed by atoms with Gasteiger partial charge in [-0.25, -0.2) is 4.79 Å². The highest BCUT2D eigenvalue weighted by molar-refractivity contribution is 5.70. The number of nitrogens with zero attached hydrogens (tertiary/aromatic N) is 1. The maximum atomic E-state index is 12.9. The van der Waals surface area contributed by atoms with Gasteiger partial charge in [-0.05, 0) is 36.8 Å². The van der Waals surface area contributed by atoms with Crippen LogP contribution in [0.4, 0.5) is 18.0 Å². The molecule has 1 fully saturated rings. The number of piperidine rings is 1. The van der Waals surface area contributed by atoms with Crippen LogP contribution in [0, 0.1) is 0 Å². The van der Waals surface area contributed by atoms with Gasteiger partial charge in [-0.1, -0.05) is 43.0 Å². The molecule has 1 saturated heterocycles. The lowest BCUT2D eigenvalue weighted by molar-refractivity contribution is -0.0898. The third-order valence-electron chi connectivity index (χ3n) is 4.78. The number of benzene rings is 1. The van der Waals surface area contributed by atoms with Crippen LogP contribution in [0.3, 0.4) is 0 Å². The third-order valence-corrected chi connectivity index (χ3v) is 4.78. The number of fused-ring (bicyclic) bond motifs is 2. The maximum absolute atomic E-state index is 12.9. The Morgan fingerprint density at radius 1 is 1.24 bits per heavy atom. The lowest BCUT2D eigenvalue weighted by Gasteiger charge is -2.44. The summed E-state index contributed by atoms with van der Waals surface area (Å²) in [5.41, 5.74) is 0.274. The van der Waals surface area contributed by atoms with Crippen molar-refractivity contribution in [2.75, 3.05) is 0 Å². The van der Waals surface area contributed by atoms with Gasteiger partial charge in [0.05, 0.1) is 11.6 Å². The van der Waals surface area contributed by atoms with Gasteiger partial charge in [0.15, 0.2) is 0 Å². The predicted molar refractivity (Wildman–Crippen MR) is 87.8 cm³/mol. The van der Waals surface area contributed by atoms with Gasteiger partial charge < -0.3 is 4.74 Å². The van der Waals surface area contributed by atoms with Crippen LogP contribution in [0.1, 0.15) is 31.2 Å². The van der Waals surface area contributed by atoms with Crippen molar-refractivity contribution in [3.63, 3.8) is 0 Å². The van der Waals surface area contributed by atoms with Crippen molar-refractivity contribution < 1.29 is 22.7 Å². The van der Waals surface area contributed by atoms with Crippen molar-refractivity contribution in [2.45, 2.75) is 50.6 Å². The van der Waals surface area contributed by atoms with Crippen LogP contribution in [-0.2, 0) is 11.3 Å². The zero-order valence-corrected chi connectivity index (χ0v) is 13.8. The van der Waals surface area contributed by atoms with Crippen molar-refractivity contribution in [1.82, 2.24) is 4.90 Å². The topological polar surface area (TPSA) is 29.5 Å². The van der Waals surface area contributed by atoms with Gasteiger partial charge in [-0.15, -0.1) is 0 Å². The first kappa shape index (κ1) is 17.6. The highest BCUT2D eigenvalue weighted by atomic mass is 19.4. The summed E-state index contributed by atoms with van der Waals surface area (Å²) >= 11 is 0. The monoisotopic (exact) mass is 351 g/mol. The molecular weight excluding hydrogens is 331 g/mol. The lowest BCUT2D eigenvalue weighted by Crippen LogP contribution is -2.52. The smallest absolute Gasteiger partial charge is 0.416 e. The van der Waals surface area contributed by atoms with E-state index in [0.29, 0.717) is 12.8 Å². The summed E-state index contributed by atoms with van der Waals surface area (Å²) in [7, 11) is 0. The standard InChI is InChI=1S/C19H20F3NO2/c1-13(19(20,21)22)15-10-16-8-5-9-17(11-15)23(16)18(24)25-12-14-6-3-2-4-7-14/h2-4,6-7,10,16-17H,1,5,8-9,11-12H2. The van der Waals surface area contributed by atoms with Gasteiger partial charge >= 0.3 is 12.3 Å². The Morgan fingerprint density at radius 3 is 2.60 bits per heavy atom. The molecular formula is C19H20F3NO2. The van der Waals surface area contributed by atoms with Gasteiger partial charge in [0.2, 0.25) is 0 Å². The number of alkyl halides is 3. The van der Waals surface area contributed by atoms with Crippen LogP contribution in [0.15, 0.2) is 54.1 Å². The third kappa shape index (κ3) is 3.89. The number of carbonyl (C=O) groups excluding carboxylic acids is 1. The molecule has 0 saturated carbocycles. The Labute approximate surface area is 144 Å². The van der Waals surface area contributed by atoms with Gasteiger partial charge in [-0.3, -0.25) is 4.90 Å².